The number of carbonyl (C=O) groups excluding carboxylic acids is 2. The molecule has 5 heteroatoms. The summed E-state index contributed by atoms with van der Waals surface area (Å²) in [7, 11) is 0. The fourth-order valence-corrected chi connectivity index (χ4v) is 3.16. The van der Waals surface area contributed by atoms with E-state index in [2.05, 4.69) is 5.32 Å². The number of hydrogen-bond acceptors (Lipinski definition) is 2. The van der Waals surface area contributed by atoms with Crippen molar-refractivity contribution in [3.8, 4) is 0 Å². The molecule has 0 aliphatic carbocycles. The summed E-state index contributed by atoms with van der Waals surface area (Å²) in [5.74, 6) is -0.360. The van der Waals surface area contributed by atoms with Gasteiger partial charge < -0.3 is 10.2 Å². The smallest absolute Gasteiger partial charge is 0.255 e. The standard InChI is InChI=1S/C19H19ClN2O2/c20-17-11-5-4-10-16(17)19(24)22-12-6-7-14(13-22)18(23)21-15-8-2-1-3-9-15/h1-5,8-11,14H,6-7,12-13H2,(H,21,23). The zero-order valence-corrected chi connectivity index (χ0v) is 14.0. The molecular weight excluding hydrogens is 324 g/mol. The van der Waals surface area contributed by atoms with Gasteiger partial charge in [-0.3, -0.25) is 9.59 Å². The van der Waals surface area contributed by atoms with Crippen LogP contribution in [0.2, 0.25) is 5.02 Å². The van der Waals surface area contributed by atoms with Crippen molar-refractivity contribution in [3.63, 3.8) is 0 Å². The number of anilines is 1. The maximum absolute atomic E-state index is 12.7. The second kappa shape index (κ2) is 7.49. The first-order valence-corrected chi connectivity index (χ1v) is 8.42. The Balaban J connectivity index is 1.67. The van der Waals surface area contributed by atoms with Gasteiger partial charge in [-0.15, -0.1) is 0 Å². The number of nitrogens with zero attached hydrogens (tertiary/aromatic N) is 1. The lowest BCUT2D eigenvalue weighted by atomic mass is 9.96. The molecule has 1 saturated heterocycles. The number of rotatable bonds is 3. The van der Waals surface area contributed by atoms with Crippen LogP contribution in [0.25, 0.3) is 0 Å². The predicted molar refractivity (Wildman–Crippen MR) is 95.2 cm³/mol. The molecule has 4 nitrogen and oxygen atoms in total. The summed E-state index contributed by atoms with van der Waals surface area (Å²) >= 11 is 6.12. The number of hydrogen-bond donors (Lipinski definition) is 1. The molecule has 1 atom stereocenters. The molecule has 2 aromatic carbocycles. The molecular formula is C19H19ClN2O2. The quantitative estimate of drug-likeness (QED) is 0.921. The van der Waals surface area contributed by atoms with Gasteiger partial charge in [0.1, 0.15) is 0 Å². The summed E-state index contributed by atoms with van der Waals surface area (Å²) in [6, 6.07) is 16.4. The fraction of sp³-hybridized carbons (Fsp3) is 0.263. The number of amides is 2. The summed E-state index contributed by atoms with van der Waals surface area (Å²) in [6.07, 6.45) is 1.59. The molecule has 2 aromatic rings. The molecule has 0 spiro atoms. The maximum atomic E-state index is 12.7. The molecule has 3 rings (SSSR count). The van der Waals surface area contributed by atoms with E-state index in [1.807, 2.05) is 30.3 Å². The number of carbonyl (C=O) groups is 2. The van der Waals surface area contributed by atoms with Crippen molar-refractivity contribution < 1.29 is 9.59 Å². The molecule has 24 heavy (non-hydrogen) atoms. The van der Waals surface area contributed by atoms with Crippen molar-refractivity contribution in [1.82, 2.24) is 4.90 Å². The minimum absolute atomic E-state index is 0.0436. The third-order valence-corrected chi connectivity index (χ3v) is 4.55. The zero-order valence-electron chi connectivity index (χ0n) is 13.2. The Kier molecular flexibility index (Phi) is 5.16. The van der Waals surface area contributed by atoms with Crippen LogP contribution < -0.4 is 5.32 Å². The third-order valence-electron chi connectivity index (χ3n) is 4.22. The molecule has 0 radical (unpaired) electrons. The van der Waals surface area contributed by atoms with Crippen molar-refractivity contribution in [1.29, 1.82) is 0 Å². The van der Waals surface area contributed by atoms with Gasteiger partial charge in [-0.05, 0) is 37.1 Å². The topological polar surface area (TPSA) is 49.4 Å². The molecule has 0 aromatic heterocycles. The van der Waals surface area contributed by atoms with E-state index < -0.39 is 0 Å². The van der Waals surface area contributed by atoms with Gasteiger partial charge in [-0.2, -0.15) is 0 Å². The van der Waals surface area contributed by atoms with Crippen LogP contribution >= 0.6 is 11.6 Å². The first kappa shape index (κ1) is 16.5. The van der Waals surface area contributed by atoms with E-state index in [9.17, 15) is 9.59 Å². The first-order valence-electron chi connectivity index (χ1n) is 8.05. The number of piperidine rings is 1. The van der Waals surface area contributed by atoms with Gasteiger partial charge in [0.25, 0.3) is 5.91 Å². The van der Waals surface area contributed by atoms with Crippen LogP contribution in [0, 0.1) is 5.92 Å². The van der Waals surface area contributed by atoms with Gasteiger partial charge in [0.05, 0.1) is 16.5 Å². The van der Waals surface area contributed by atoms with E-state index in [0.29, 0.717) is 23.7 Å². The van der Waals surface area contributed by atoms with Crippen molar-refractivity contribution >= 4 is 29.1 Å². The van der Waals surface area contributed by atoms with Crippen molar-refractivity contribution in [3.05, 3.63) is 65.2 Å². The predicted octanol–water partition coefficient (Wildman–Crippen LogP) is 3.83. The lowest BCUT2D eigenvalue weighted by molar-refractivity contribution is -0.121. The van der Waals surface area contributed by atoms with E-state index in [4.69, 9.17) is 11.6 Å². The van der Waals surface area contributed by atoms with Crippen molar-refractivity contribution in [2.45, 2.75) is 12.8 Å². The van der Waals surface area contributed by atoms with Gasteiger partial charge in [0.2, 0.25) is 5.91 Å². The first-order chi connectivity index (χ1) is 11.6. The molecule has 0 bridgehead atoms. The SMILES string of the molecule is O=C(Nc1ccccc1)C1CCCN(C(=O)c2ccccc2Cl)C1. The normalized spacial score (nSPS) is 17.4. The summed E-state index contributed by atoms with van der Waals surface area (Å²) < 4.78 is 0. The zero-order chi connectivity index (χ0) is 16.9. The minimum Gasteiger partial charge on any atom is -0.338 e. The van der Waals surface area contributed by atoms with Crippen molar-refractivity contribution in [2.24, 2.45) is 5.92 Å². The van der Waals surface area contributed by atoms with E-state index in [1.165, 1.54) is 0 Å². The molecule has 1 aliphatic heterocycles. The van der Waals surface area contributed by atoms with Gasteiger partial charge >= 0.3 is 0 Å². The van der Waals surface area contributed by atoms with E-state index in [0.717, 1.165) is 18.5 Å². The summed E-state index contributed by atoms with van der Waals surface area (Å²) in [5.41, 5.74) is 1.26. The molecule has 1 aliphatic rings. The van der Waals surface area contributed by atoms with Gasteiger partial charge in [-0.25, -0.2) is 0 Å². The van der Waals surface area contributed by atoms with Crippen LogP contribution in [0.3, 0.4) is 0 Å². The molecule has 1 N–H and O–H groups in total. The summed E-state index contributed by atoms with van der Waals surface area (Å²) in [5, 5.41) is 3.36. The van der Waals surface area contributed by atoms with Crippen LogP contribution in [-0.4, -0.2) is 29.8 Å². The lowest BCUT2D eigenvalue weighted by Gasteiger charge is -2.32. The van der Waals surface area contributed by atoms with Crippen LogP contribution in [0.1, 0.15) is 23.2 Å². The Morgan fingerprint density at radius 3 is 2.50 bits per heavy atom. The number of nitrogens with one attached hydrogen (secondary N) is 1. The molecule has 1 heterocycles. The molecule has 1 unspecified atom stereocenters. The maximum Gasteiger partial charge on any atom is 0.255 e. The van der Waals surface area contributed by atoms with Crippen LogP contribution in [0.15, 0.2) is 54.6 Å². The van der Waals surface area contributed by atoms with E-state index in [1.54, 1.807) is 29.2 Å². The fourth-order valence-electron chi connectivity index (χ4n) is 2.95. The third kappa shape index (κ3) is 3.77. The molecule has 1 fully saturated rings. The van der Waals surface area contributed by atoms with Crippen LogP contribution in [-0.2, 0) is 4.79 Å². The average molecular weight is 343 g/mol. The molecule has 0 saturated carbocycles. The second-order valence-corrected chi connectivity index (χ2v) is 6.33. The monoisotopic (exact) mass is 342 g/mol. The van der Waals surface area contributed by atoms with Crippen LogP contribution in [0.5, 0.6) is 0 Å². The highest BCUT2D eigenvalue weighted by molar-refractivity contribution is 6.33. The summed E-state index contributed by atoms with van der Waals surface area (Å²) in [6.45, 7) is 1.07. The van der Waals surface area contributed by atoms with Gasteiger partial charge in [-0.1, -0.05) is 41.9 Å². The minimum atomic E-state index is -0.203. The number of halogens is 1. The molecule has 2 amide bonds. The number of likely N-dealkylation sites (tertiary alicyclic amines) is 1. The number of benzene rings is 2. The summed E-state index contributed by atoms with van der Waals surface area (Å²) in [4.78, 5) is 26.8. The largest absolute Gasteiger partial charge is 0.338 e. The average Bonchev–Trinajstić information content (AvgIpc) is 2.62. The highest BCUT2D eigenvalue weighted by Crippen LogP contribution is 2.23. The van der Waals surface area contributed by atoms with Gasteiger partial charge in [0, 0.05) is 18.8 Å². The number of para-hydroxylation sites is 1. The molecule has 124 valence electrons. The Bertz CT molecular complexity index is 733. The second-order valence-electron chi connectivity index (χ2n) is 5.93. The van der Waals surface area contributed by atoms with Crippen LogP contribution in [0.4, 0.5) is 5.69 Å². The Morgan fingerprint density at radius 1 is 1.04 bits per heavy atom. The Hall–Kier alpha value is -2.33. The van der Waals surface area contributed by atoms with E-state index >= 15 is 0 Å². The Labute approximate surface area is 146 Å². The highest BCUT2D eigenvalue weighted by atomic mass is 35.5. The highest BCUT2D eigenvalue weighted by Gasteiger charge is 2.29. The van der Waals surface area contributed by atoms with Gasteiger partial charge in [0.15, 0.2) is 0 Å². The van der Waals surface area contributed by atoms with E-state index in [-0.39, 0.29) is 17.7 Å². The van der Waals surface area contributed by atoms with Crippen molar-refractivity contribution in [2.75, 3.05) is 18.4 Å². The lowest BCUT2D eigenvalue weighted by Crippen LogP contribution is -2.43. The Morgan fingerprint density at radius 2 is 1.75 bits per heavy atom.